The van der Waals surface area contributed by atoms with Crippen LogP contribution in [-0.2, 0) is 0 Å². The van der Waals surface area contributed by atoms with Crippen molar-refractivity contribution in [1.29, 1.82) is 0 Å². The Morgan fingerprint density at radius 1 is 1.00 bits per heavy atom. The normalized spacial score (nSPS) is 11.6. The zero-order valence-corrected chi connectivity index (χ0v) is 11.9. The summed E-state index contributed by atoms with van der Waals surface area (Å²) in [6, 6.07) is 0. The van der Waals surface area contributed by atoms with E-state index in [-0.39, 0.29) is 0 Å². The van der Waals surface area contributed by atoms with Crippen LogP contribution >= 0.6 is 0 Å². The van der Waals surface area contributed by atoms with E-state index in [4.69, 9.17) is 0 Å². The van der Waals surface area contributed by atoms with Gasteiger partial charge in [-0.05, 0) is 44.9 Å². The van der Waals surface area contributed by atoms with E-state index < -0.39 is 0 Å². The number of hydrogen-bond acceptors (Lipinski definition) is 2. The lowest BCUT2D eigenvalue weighted by molar-refractivity contribution is 0.231. The minimum absolute atomic E-state index is 0.892. The Morgan fingerprint density at radius 3 is 2.19 bits per heavy atom. The maximum absolute atomic E-state index is 3.47. The van der Waals surface area contributed by atoms with E-state index in [2.05, 4.69) is 37.9 Å². The Kier molecular flexibility index (Phi) is 11.3. The van der Waals surface area contributed by atoms with Gasteiger partial charge in [0, 0.05) is 6.54 Å². The van der Waals surface area contributed by atoms with Crippen molar-refractivity contribution in [3.63, 3.8) is 0 Å². The second-order valence-electron chi connectivity index (χ2n) is 4.68. The first-order chi connectivity index (χ1) is 7.78. The molecule has 0 aliphatic carbocycles. The molecule has 0 aromatic heterocycles. The summed E-state index contributed by atoms with van der Waals surface area (Å²) in [6.45, 7) is 15.2. The molecule has 0 saturated carbocycles. The van der Waals surface area contributed by atoms with Gasteiger partial charge in [-0.15, -0.1) is 0 Å². The number of rotatable bonds is 11. The highest BCUT2D eigenvalue weighted by molar-refractivity contribution is 4.63. The monoisotopic (exact) mass is 228 g/mol. The third-order valence-electron chi connectivity index (χ3n) is 3.37. The fourth-order valence-electron chi connectivity index (χ4n) is 2.02. The van der Waals surface area contributed by atoms with Gasteiger partial charge in [0.2, 0.25) is 0 Å². The van der Waals surface area contributed by atoms with Crippen molar-refractivity contribution in [3.05, 3.63) is 0 Å². The minimum atomic E-state index is 0.892. The van der Waals surface area contributed by atoms with Crippen LogP contribution < -0.4 is 5.32 Å². The first kappa shape index (κ1) is 15.9. The molecule has 0 saturated heterocycles. The fraction of sp³-hybridized carbons (Fsp3) is 1.00. The van der Waals surface area contributed by atoms with Crippen molar-refractivity contribution < 1.29 is 0 Å². The van der Waals surface area contributed by atoms with Crippen molar-refractivity contribution in [2.45, 2.75) is 53.4 Å². The standard InChI is InChI=1S/C14H32N2/c1-5-10-15-11-9-12-16(8-4)13-14(6-2)7-3/h14-15H,5-13H2,1-4H3. The maximum atomic E-state index is 3.47. The average molecular weight is 228 g/mol. The fourth-order valence-corrected chi connectivity index (χ4v) is 2.02. The van der Waals surface area contributed by atoms with Gasteiger partial charge in [-0.3, -0.25) is 0 Å². The molecule has 0 spiro atoms. The van der Waals surface area contributed by atoms with E-state index >= 15 is 0 Å². The lowest BCUT2D eigenvalue weighted by Gasteiger charge is -2.25. The summed E-state index contributed by atoms with van der Waals surface area (Å²) >= 11 is 0. The molecular weight excluding hydrogens is 196 g/mol. The third-order valence-corrected chi connectivity index (χ3v) is 3.37. The molecule has 0 heterocycles. The molecule has 0 amide bonds. The van der Waals surface area contributed by atoms with Crippen LogP contribution in [0.3, 0.4) is 0 Å². The summed E-state index contributed by atoms with van der Waals surface area (Å²) in [4.78, 5) is 2.60. The maximum Gasteiger partial charge on any atom is 0.000935 e. The van der Waals surface area contributed by atoms with Gasteiger partial charge in [0.05, 0.1) is 0 Å². The van der Waals surface area contributed by atoms with Gasteiger partial charge in [-0.1, -0.05) is 40.5 Å². The Labute approximate surface area is 103 Å². The topological polar surface area (TPSA) is 15.3 Å². The van der Waals surface area contributed by atoms with E-state index in [9.17, 15) is 0 Å². The molecule has 0 aliphatic heterocycles. The molecule has 0 bridgehead atoms. The molecule has 1 N–H and O–H groups in total. The summed E-state index contributed by atoms with van der Waals surface area (Å²) in [5, 5.41) is 3.47. The molecular formula is C14H32N2. The van der Waals surface area contributed by atoms with Gasteiger partial charge < -0.3 is 10.2 Å². The Balaban J connectivity index is 3.57. The van der Waals surface area contributed by atoms with Crippen molar-refractivity contribution in [3.8, 4) is 0 Å². The average Bonchev–Trinajstić information content (AvgIpc) is 2.33. The highest BCUT2D eigenvalue weighted by Crippen LogP contribution is 2.09. The second kappa shape index (κ2) is 11.4. The van der Waals surface area contributed by atoms with Crippen LogP contribution in [0, 0.1) is 5.92 Å². The summed E-state index contributed by atoms with van der Waals surface area (Å²) < 4.78 is 0. The predicted molar refractivity (Wildman–Crippen MR) is 74.0 cm³/mol. The highest BCUT2D eigenvalue weighted by atomic mass is 15.1. The largest absolute Gasteiger partial charge is 0.317 e. The smallest absolute Gasteiger partial charge is 0.000935 e. The van der Waals surface area contributed by atoms with Crippen LogP contribution in [0.5, 0.6) is 0 Å². The highest BCUT2D eigenvalue weighted by Gasteiger charge is 2.08. The Hall–Kier alpha value is -0.0800. The lowest BCUT2D eigenvalue weighted by atomic mass is 10.0. The van der Waals surface area contributed by atoms with Gasteiger partial charge in [0.1, 0.15) is 0 Å². The molecule has 0 unspecified atom stereocenters. The van der Waals surface area contributed by atoms with E-state index in [1.807, 2.05) is 0 Å². The van der Waals surface area contributed by atoms with Crippen molar-refractivity contribution in [2.75, 3.05) is 32.7 Å². The molecule has 0 aliphatic rings. The SMILES string of the molecule is CCCNCCCN(CC)CC(CC)CC. The second-order valence-corrected chi connectivity index (χ2v) is 4.68. The van der Waals surface area contributed by atoms with Crippen LogP contribution in [-0.4, -0.2) is 37.6 Å². The van der Waals surface area contributed by atoms with Gasteiger partial charge in [-0.25, -0.2) is 0 Å². The van der Waals surface area contributed by atoms with Gasteiger partial charge in [0.25, 0.3) is 0 Å². The number of nitrogens with zero attached hydrogens (tertiary/aromatic N) is 1. The molecule has 2 heteroatoms. The van der Waals surface area contributed by atoms with Crippen LogP contribution in [0.2, 0.25) is 0 Å². The van der Waals surface area contributed by atoms with E-state index in [1.54, 1.807) is 0 Å². The minimum Gasteiger partial charge on any atom is -0.317 e. The molecule has 98 valence electrons. The summed E-state index contributed by atoms with van der Waals surface area (Å²) in [5.41, 5.74) is 0. The van der Waals surface area contributed by atoms with Crippen LogP contribution in [0.4, 0.5) is 0 Å². The zero-order chi connectivity index (χ0) is 12.2. The number of hydrogen-bond donors (Lipinski definition) is 1. The molecule has 0 rings (SSSR count). The molecule has 16 heavy (non-hydrogen) atoms. The van der Waals surface area contributed by atoms with Crippen molar-refractivity contribution >= 4 is 0 Å². The van der Waals surface area contributed by atoms with Gasteiger partial charge in [-0.2, -0.15) is 0 Å². The Morgan fingerprint density at radius 2 is 1.69 bits per heavy atom. The number of nitrogens with one attached hydrogen (secondary N) is 1. The van der Waals surface area contributed by atoms with Crippen molar-refractivity contribution in [2.24, 2.45) is 5.92 Å². The summed E-state index contributed by atoms with van der Waals surface area (Å²) in [6.07, 6.45) is 5.17. The first-order valence-electron chi connectivity index (χ1n) is 7.21. The molecule has 0 aromatic carbocycles. The molecule has 0 fully saturated rings. The van der Waals surface area contributed by atoms with E-state index in [1.165, 1.54) is 58.4 Å². The predicted octanol–water partition coefficient (Wildman–Crippen LogP) is 3.13. The lowest BCUT2D eigenvalue weighted by Crippen LogP contribution is -2.32. The van der Waals surface area contributed by atoms with Crippen LogP contribution in [0.25, 0.3) is 0 Å². The van der Waals surface area contributed by atoms with E-state index in [0.717, 1.165) is 5.92 Å². The Bertz CT molecular complexity index is 133. The molecule has 2 nitrogen and oxygen atoms in total. The zero-order valence-electron chi connectivity index (χ0n) is 11.9. The van der Waals surface area contributed by atoms with Gasteiger partial charge in [0.15, 0.2) is 0 Å². The van der Waals surface area contributed by atoms with Gasteiger partial charge >= 0.3 is 0 Å². The summed E-state index contributed by atoms with van der Waals surface area (Å²) in [7, 11) is 0. The first-order valence-corrected chi connectivity index (χ1v) is 7.21. The van der Waals surface area contributed by atoms with Crippen molar-refractivity contribution in [1.82, 2.24) is 10.2 Å². The van der Waals surface area contributed by atoms with E-state index in [0.29, 0.717) is 0 Å². The summed E-state index contributed by atoms with van der Waals surface area (Å²) in [5.74, 6) is 0.892. The molecule has 0 radical (unpaired) electrons. The molecule has 0 atom stereocenters. The van der Waals surface area contributed by atoms with Crippen LogP contribution in [0.1, 0.15) is 53.4 Å². The third kappa shape index (κ3) is 8.12. The quantitative estimate of drug-likeness (QED) is 0.547. The van der Waals surface area contributed by atoms with Crippen LogP contribution in [0.15, 0.2) is 0 Å². The molecule has 0 aromatic rings.